The van der Waals surface area contributed by atoms with E-state index in [-0.39, 0.29) is 11.9 Å². The van der Waals surface area contributed by atoms with Crippen LogP contribution in [-0.4, -0.2) is 30.2 Å². The average molecular weight is 321 g/mol. The van der Waals surface area contributed by atoms with E-state index in [0.717, 1.165) is 11.4 Å². The van der Waals surface area contributed by atoms with Crippen molar-refractivity contribution in [2.24, 2.45) is 0 Å². The van der Waals surface area contributed by atoms with Gasteiger partial charge in [0.05, 0.1) is 0 Å². The number of hydrogen-bond acceptors (Lipinski definition) is 4. The van der Waals surface area contributed by atoms with Gasteiger partial charge in [0.1, 0.15) is 5.60 Å². The summed E-state index contributed by atoms with van der Waals surface area (Å²) in [4.78, 5) is 22.9. The van der Waals surface area contributed by atoms with Gasteiger partial charge in [-0.15, -0.1) is 0 Å². The lowest BCUT2D eigenvalue weighted by Crippen LogP contribution is -2.38. The Morgan fingerprint density at radius 3 is 2.22 bits per heavy atom. The minimum atomic E-state index is -0.500. The van der Waals surface area contributed by atoms with Crippen LogP contribution in [0.15, 0.2) is 24.3 Å². The van der Waals surface area contributed by atoms with Crippen LogP contribution >= 0.6 is 0 Å². The molecule has 0 radical (unpaired) electrons. The molecular formula is C17H27N3O3. The van der Waals surface area contributed by atoms with Gasteiger partial charge in [-0.3, -0.25) is 4.79 Å². The molecule has 0 heterocycles. The molecular weight excluding hydrogens is 294 g/mol. The lowest BCUT2D eigenvalue weighted by atomic mass is 10.2. The minimum absolute atomic E-state index is 0.0133. The molecule has 3 N–H and O–H groups in total. The summed E-state index contributed by atoms with van der Waals surface area (Å²) in [6.45, 7) is 9.70. The van der Waals surface area contributed by atoms with Crippen LogP contribution in [0.2, 0.25) is 0 Å². The highest BCUT2D eigenvalue weighted by molar-refractivity contribution is 5.90. The van der Waals surface area contributed by atoms with Gasteiger partial charge in [0, 0.05) is 30.4 Å². The summed E-state index contributed by atoms with van der Waals surface area (Å²) in [7, 11) is 0. The van der Waals surface area contributed by atoms with Crippen molar-refractivity contribution in [3.63, 3.8) is 0 Å². The maximum Gasteiger partial charge on any atom is 0.407 e. The van der Waals surface area contributed by atoms with Crippen molar-refractivity contribution in [3.8, 4) is 0 Å². The fraction of sp³-hybridized carbons (Fsp3) is 0.529. The molecule has 0 aromatic heterocycles. The lowest BCUT2D eigenvalue weighted by molar-refractivity contribution is -0.115. The molecule has 6 nitrogen and oxygen atoms in total. The van der Waals surface area contributed by atoms with Crippen molar-refractivity contribution < 1.29 is 14.3 Å². The normalized spacial score (nSPS) is 12.2. The van der Waals surface area contributed by atoms with Gasteiger partial charge in [-0.1, -0.05) is 6.92 Å². The molecule has 128 valence electrons. The predicted molar refractivity (Wildman–Crippen MR) is 92.7 cm³/mol. The maximum absolute atomic E-state index is 11.6. The Bertz CT molecular complexity index is 521. The van der Waals surface area contributed by atoms with E-state index in [1.165, 1.54) is 0 Å². The van der Waals surface area contributed by atoms with Crippen molar-refractivity contribution in [1.29, 1.82) is 0 Å². The van der Waals surface area contributed by atoms with E-state index in [1.807, 2.05) is 58.9 Å². The number of alkyl carbamates (subject to hydrolysis) is 1. The first kappa shape index (κ1) is 18.8. The van der Waals surface area contributed by atoms with Crippen molar-refractivity contribution >= 4 is 23.4 Å². The summed E-state index contributed by atoms with van der Waals surface area (Å²) in [6, 6.07) is 7.48. The predicted octanol–water partition coefficient (Wildman–Crippen LogP) is 3.36. The van der Waals surface area contributed by atoms with Gasteiger partial charge in [0.15, 0.2) is 0 Å². The van der Waals surface area contributed by atoms with Crippen LogP contribution in [0.5, 0.6) is 0 Å². The molecule has 0 bridgehead atoms. The number of amides is 2. The Morgan fingerprint density at radius 1 is 1.13 bits per heavy atom. The highest BCUT2D eigenvalue weighted by Crippen LogP contribution is 2.14. The zero-order valence-corrected chi connectivity index (χ0v) is 14.5. The van der Waals surface area contributed by atoms with Crippen LogP contribution in [0.4, 0.5) is 16.2 Å². The molecule has 0 fully saturated rings. The van der Waals surface area contributed by atoms with Gasteiger partial charge in [0.2, 0.25) is 5.91 Å². The van der Waals surface area contributed by atoms with Crippen LogP contribution in [0.25, 0.3) is 0 Å². The Kier molecular flexibility index (Phi) is 6.88. The number of anilines is 2. The van der Waals surface area contributed by atoms with Gasteiger partial charge >= 0.3 is 6.09 Å². The van der Waals surface area contributed by atoms with Crippen LogP contribution in [0.3, 0.4) is 0 Å². The van der Waals surface area contributed by atoms with Crippen LogP contribution in [0.1, 0.15) is 41.0 Å². The highest BCUT2D eigenvalue weighted by Gasteiger charge is 2.16. The maximum atomic E-state index is 11.6. The Balaban J connectivity index is 2.41. The first-order valence-electron chi connectivity index (χ1n) is 7.83. The number of rotatable bonds is 6. The number of benzene rings is 1. The van der Waals surface area contributed by atoms with E-state index in [4.69, 9.17) is 4.74 Å². The number of carbonyl (C=O) groups is 2. The first-order chi connectivity index (χ1) is 10.7. The highest BCUT2D eigenvalue weighted by atomic mass is 16.6. The first-order valence-corrected chi connectivity index (χ1v) is 7.83. The summed E-state index contributed by atoms with van der Waals surface area (Å²) in [5, 5.41) is 8.79. The van der Waals surface area contributed by atoms with Gasteiger partial charge in [-0.25, -0.2) is 4.79 Å². The third-order valence-electron chi connectivity index (χ3n) is 2.85. The molecule has 0 saturated heterocycles. The van der Waals surface area contributed by atoms with E-state index in [2.05, 4.69) is 16.0 Å². The topological polar surface area (TPSA) is 79.5 Å². The fourth-order valence-corrected chi connectivity index (χ4v) is 1.79. The van der Waals surface area contributed by atoms with Crippen molar-refractivity contribution in [3.05, 3.63) is 24.3 Å². The molecule has 0 spiro atoms. The lowest BCUT2D eigenvalue weighted by Gasteiger charge is -2.21. The molecule has 1 unspecified atom stereocenters. The summed E-state index contributed by atoms with van der Waals surface area (Å²) >= 11 is 0. The van der Waals surface area contributed by atoms with Gasteiger partial charge < -0.3 is 20.7 Å². The molecule has 0 aliphatic rings. The largest absolute Gasteiger partial charge is 0.444 e. The van der Waals surface area contributed by atoms with E-state index >= 15 is 0 Å². The standard InChI is InChI=1S/C17H27N3O3/c1-6-15(21)20-14-9-7-13(8-10-14)19-12(2)11-18-16(22)23-17(3,4)5/h7-10,12,19H,6,11H2,1-5H3,(H,18,22)(H,20,21). The number of carbonyl (C=O) groups excluding carboxylic acids is 2. The number of nitrogens with one attached hydrogen (secondary N) is 3. The molecule has 1 atom stereocenters. The van der Waals surface area contributed by atoms with E-state index < -0.39 is 11.7 Å². The Hall–Kier alpha value is -2.24. The van der Waals surface area contributed by atoms with Crippen LogP contribution < -0.4 is 16.0 Å². The zero-order chi connectivity index (χ0) is 17.5. The number of ether oxygens (including phenoxy) is 1. The molecule has 1 aromatic rings. The molecule has 23 heavy (non-hydrogen) atoms. The van der Waals surface area contributed by atoms with E-state index in [0.29, 0.717) is 13.0 Å². The Labute approximate surface area is 138 Å². The fourth-order valence-electron chi connectivity index (χ4n) is 1.79. The minimum Gasteiger partial charge on any atom is -0.444 e. The molecule has 0 aliphatic carbocycles. The van der Waals surface area contributed by atoms with E-state index in [1.54, 1.807) is 0 Å². The van der Waals surface area contributed by atoms with Crippen molar-refractivity contribution in [1.82, 2.24) is 5.32 Å². The van der Waals surface area contributed by atoms with Crippen molar-refractivity contribution in [2.45, 2.75) is 52.7 Å². The van der Waals surface area contributed by atoms with Gasteiger partial charge in [0.25, 0.3) is 0 Å². The van der Waals surface area contributed by atoms with Crippen molar-refractivity contribution in [2.75, 3.05) is 17.2 Å². The van der Waals surface area contributed by atoms with Gasteiger partial charge in [-0.05, 0) is 52.0 Å². The summed E-state index contributed by atoms with van der Waals surface area (Å²) < 4.78 is 5.18. The second-order valence-electron chi connectivity index (χ2n) is 6.41. The second-order valence-corrected chi connectivity index (χ2v) is 6.41. The molecule has 1 aromatic carbocycles. The molecule has 0 saturated carbocycles. The molecule has 0 aliphatic heterocycles. The zero-order valence-electron chi connectivity index (χ0n) is 14.5. The Morgan fingerprint density at radius 2 is 1.70 bits per heavy atom. The monoisotopic (exact) mass is 321 g/mol. The summed E-state index contributed by atoms with van der Waals surface area (Å²) in [6.07, 6.45) is 0.0247. The molecule has 1 rings (SSSR count). The summed E-state index contributed by atoms with van der Waals surface area (Å²) in [5.74, 6) is -0.0133. The van der Waals surface area contributed by atoms with Crippen LogP contribution in [-0.2, 0) is 9.53 Å². The van der Waals surface area contributed by atoms with Gasteiger partial charge in [-0.2, -0.15) is 0 Å². The third kappa shape index (κ3) is 8.09. The van der Waals surface area contributed by atoms with Crippen LogP contribution in [0, 0.1) is 0 Å². The van der Waals surface area contributed by atoms with E-state index in [9.17, 15) is 9.59 Å². The molecule has 2 amide bonds. The molecule has 6 heteroatoms. The average Bonchev–Trinajstić information content (AvgIpc) is 2.45. The second kappa shape index (κ2) is 8.41. The quantitative estimate of drug-likeness (QED) is 0.750. The third-order valence-corrected chi connectivity index (χ3v) is 2.85. The number of hydrogen-bond donors (Lipinski definition) is 3. The SMILES string of the molecule is CCC(=O)Nc1ccc(NC(C)CNC(=O)OC(C)(C)C)cc1. The smallest absolute Gasteiger partial charge is 0.407 e. The summed E-state index contributed by atoms with van der Waals surface area (Å²) in [5.41, 5.74) is 1.18.